The lowest BCUT2D eigenvalue weighted by Gasteiger charge is -2.37. The molecule has 0 aliphatic heterocycles. The molecule has 0 aromatic rings. The number of ether oxygens (including phenoxy) is 2. The highest BCUT2D eigenvalue weighted by Crippen LogP contribution is 2.40. The third kappa shape index (κ3) is 4.24. The van der Waals surface area contributed by atoms with E-state index in [1.54, 1.807) is 7.11 Å². The maximum Gasteiger partial charge on any atom is 0.0704 e. The van der Waals surface area contributed by atoms with Crippen LogP contribution in [0.3, 0.4) is 0 Å². The monoisotopic (exact) mass is 254 g/mol. The van der Waals surface area contributed by atoms with Crippen LogP contribution in [0.5, 0.6) is 0 Å². The van der Waals surface area contributed by atoms with E-state index in [-0.39, 0.29) is 0 Å². The molecule has 0 amide bonds. The van der Waals surface area contributed by atoms with E-state index in [0.717, 1.165) is 31.0 Å². The summed E-state index contributed by atoms with van der Waals surface area (Å²) in [5.74, 6) is 3.01. The van der Waals surface area contributed by atoms with Crippen molar-refractivity contribution in [3.63, 3.8) is 0 Å². The second-order valence-electron chi connectivity index (χ2n) is 6.42. The molecule has 0 spiro atoms. The summed E-state index contributed by atoms with van der Waals surface area (Å²) in [6, 6.07) is 0. The Kier molecular flexibility index (Phi) is 5.97. The standard InChI is InChI=1S/C16H30O2/c1-13-3-5-14(6-4-13)15-7-9-16(10-8-15)18-12-11-17-2/h13-16H,3-12H2,1-2H3. The van der Waals surface area contributed by atoms with Crippen molar-refractivity contribution in [1.29, 1.82) is 0 Å². The zero-order valence-electron chi connectivity index (χ0n) is 12.2. The first kappa shape index (κ1) is 14.3. The lowest BCUT2D eigenvalue weighted by atomic mass is 9.71. The molecule has 0 radical (unpaired) electrons. The van der Waals surface area contributed by atoms with Crippen molar-refractivity contribution < 1.29 is 9.47 Å². The highest BCUT2D eigenvalue weighted by molar-refractivity contribution is 4.81. The summed E-state index contributed by atoms with van der Waals surface area (Å²) in [5.41, 5.74) is 0. The molecule has 0 saturated heterocycles. The van der Waals surface area contributed by atoms with E-state index in [4.69, 9.17) is 9.47 Å². The van der Waals surface area contributed by atoms with Gasteiger partial charge in [0.25, 0.3) is 0 Å². The fourth-order valence-corrected chi connectivity index (χ4v) is 3.78. The predicted octanol–water partition coefficient (Wildman–Crippen LogP) is 4.03. The van der Waals surface area contributed by atoms with Gasteiger partial charge < -0.3 is 9.47 Å². The zero-order chi connectivity index (χ0) is 12.8. The van der Waals surface area contributed by atoms with Crippen LogP contribution in [0.25, 0.3) is 0 Å². The number of methoxy groups -OCH3 is 1. The van der Waals surface area contributed by atoms with Crippen LogP contribution in [0.1, 0.15) is 58.3 Å². The van der Waals surface area contributed by atoms with Crippen LogP contribution in [-0.4, -0.2) is 26.4 Å². The highest BCUT2D eigenvalue weighted by Gasteiger charge is 2.29. The van der Waals surface area contributed by atoms with Gasteiger partial charge in [-0.05, 0) is 56.3 Å². The van der Waals surface area contributed by atoms with Gasteiger partial charge in [0.1, 0.15) is 0 Å². The molecular weight excluding hydrogens is 224 g/mol. The fraction of sp³-hybridized carbons (Fsp3) is 1.00. The molecule has 2 nitrogen and oxygen atoms in total. The Morgan fingerprint density at radius 3 is 1.89 bits per heavy atom. The fourth-order valence-electron chi connectivity index (χ4n) is 3.78. The molecular formula is C16H30O2. The number of rotatable bonds is 5. The molecule has 0 N–H and O–H groups in total. The average Bonchev–Trinajstić information content (AvgIpc) is 2.41. The molecule has 0 atom stereocenters. The first-order valence-corrected chi connectivity index (χ1v) is 7.90. The van der Waals surface area contributed by atoms with Gasteiger partial charge in [0.2, 0.25) is 0 Å². The highest BCUT2D eigenvalue weighted by atomic mass is 16.5. The molecule has 0 bridgehead atoms. The second kappa shape index (κ2) is 7.49. The lowest BCUT2D eigenvalue weighted by molar-refractivity contribution is -0.0146. The van der Waals surface area contributed by atoms with E-state index >= 15 is 0 Å². The molecule has 2 aliphatic rings. The van der Waals surface area contributed by atoms with Gasteiger partial charge in [0.15, 0.2) is 0 Å². The Hall–Kier alpha value is -0.0800. The van der Waals surface area contributed by atoms with Crippen molar-refractivity contribution in [2.75, 3.05) is 20.3 Å². The van der Waals surface area contributed by atoms with Crippen LogP contribution >= 0.6 is 0 Å². The van der Waals surface area contributed by atoms with E-state index < -0.39 is 0 Å². The quantitative estimate of drug-likeness (QED) is 0.690. The Balaban J connectivity index is 1.63. The van der Waals surface area contributed by atoms with Crippen LogP contribution in [0, 0.1) is 17.8 Å². The van der Waals surface area contributed by atoms with Gasteiger partial charge in [0.05, 0.1) is 19.3 Å². The van der Waals surface area contributed by atoms with Crippen molar-refractivity contribution in [2.45, 2.75) is 64.4 Å². The molecule has 0 unspecified atom stereocenters. The van der Waals surface area contributed by atoms with Gasteiger partial charge in [-0.1, -0.05) is 19.8 Å². The zero-order valence-corrected chi connectivity index (χ0v) is 12.2. The Morgan fingerprint density at radius 1 is 0.778 bits per heavy atom. The summed E-state index contributed by atoms with van der Waals surface area (Å²) in [4.78, 5) is 0. The number of hydrogen-bond acceptors (Lipinski definition) is 2. The third-order valence-corrected chi connectivity index (χ3v) is 5.09. The Bertz CT molecular complexity index is 213. The van der Waals surface area contributed by atoms with Gasteiger partial charge in [0, 0.05) is 7.11 Å². The first-order valence-electron chi connectivity index (χ1n) is 7.90. The summed E-state index contributed by atoms with van der Waals surface area (Å²) in [6.45, 7) is 3.92. The minimum Gasteiger partial charge on any atom is -0.382 e. The molecule has 18 heavy (non-hydrogen) atoms. The van der Waals surface area contributed by atoms with Crippen LogP contribution in [-0.2, 0) is 9.47 Å². The molecule has 106 valence electrons. The molecule has 2 heteroatoms. The maximum absolute atomic E-state index is 5.85. The van der Waals surface area contributed by atoms with Crippen molar-refractivity contribution >= 4 is 0 Å². The van der Waals surface area contributed by atoms with E-state index in [9.17, 15) is 0 Å². The van der Waals surface area contributed by atoms with Gasteiger partial charge in [-0.3, -0.25) is 0 Å². The van der Waals surface area contributed by atoms with Crippen LogP contribution in [0.4, 0.5) is 0 Å². The average molecular weight is 254 g/mol. The van der Waals surface area contributed by atoms with Gasteiger partial charge >= 0.3 is 0 Å². The van der Waals surface area contributed by atoms with Crippen LogP contribution < -0.4 is 0 Å². The molecule has 2 aliphatic carbocycles. The van der Waals surface area contributed by atoms with E-state index in [1.165, 1.54) is 51.4 Å². The van der Waals surface area contributed by atoms with Crippen molar-refractivity contribution in [3.8, 4) is 0 Å². The normalized spacial score (nSPS) is 37.7. The first-order chi connectivity index (χ1) is 8.79. The largest absolute Gasteiger partial charge is 0.382 e. The lowest BCUT2D eigenvalue weighted by Crippen LogP contribution is -2.28. The van der Waals surface area contributed by atoms with Gasteiger partial charge in [-0.2, -0.15) is 0 Å². The van der Waals surface area contributed by atoms with Crippen molar-refractivity contribution in [1.82, 2.24) is 0 Å². The molecule has 2 rings (SSSR count). The summed E-state index contributed by atoms with van der Waals surface area (Å²) in [6.07, 6.45) is 11.8. The summed E-state index contributed by atoms with van der Waals surface area (Å²) >= 11 is 0. The van der Waals surface area contributed by atoms with E-state index in [0.29, 0.717) is 6.10 Å². The Labute approximate surface area is 112 Å². The SMILES string of the molecule is COCCOC1CCC(C2CCC(C)CC2)CC1. The minimum atomic E-state index is 0.513. The molecule has 2 saturated carbocycles. The van der Waals surface area contributed by atoms with E-state index in [2.05, 4.69) is 6.92 Å². The number of hydrogen-bond donors (Lipinski definition) is 0. The summed E-state index contributed by atoms with van der Waals surface area (Å²) in [7, 11) is 1.74. The van der Waals surface area contributed by atoms with Gasteiger partial charge in [-0.15, -0.1) is 0 Å². The molecule has 0 aromatic heterocycles. The second-order valence-corrected chi connectivity index (χ2v) is 6.42. The third-order valence-electron chi connectivity index (χ3n) is 5.09. The summed E-state index contributed by atoms with van der Waals surface area (Å²) in [5, 5.41) is 0. The van der Waals surface area contributed by atoms with Gasteiger partial charge in [-0.25, -0.2) is 0 Å². The van der Waals surface area contributed by atoms with Crippen LogP contribution in [0.2, 0.25) is 0 Å². The topological polar surface area (TPSA) is 18.5 Å². The maximum atomic E-state index is 5.85. The van der Waals surface area contributed by atoms with E-state index in [1.807, 2.05) is 0 Å². The molecule has 0 aromatic carbocycles. The van der Waals surface area contributed by atoms with Crippen LogP contribution in [0.15, 0.2) is 0 Å². The molecule has 0 heterocycles. The predicted molar refractivity (Wildman–Crippen MR) is 74.7 cm³/mol. The smallest absolute Gasteiger partial charge is 0.0704 e. The van der Waals surface area contributed by atoms with Crippen molar-refractivity contribution in [2.24, 2.45) is 17.8 Å². The molecule has 2 fully saturated rings. The van der Waals surface area contributed by atoms with Crippen molar-refractivity contribution in [3.05, 3.63) is 0 Å². The summed E-state index contributed by atoms with van der Waals surface area (Å²) < 4.78 is 10.9. The minimum absolute atomic E-state index is 0.513. The Morgan fingerprint density at radius 2 is 1.33 bits per heavy atom.